The highest BCUT2D eigenvalue weighted by Crippen LogP contribution is 2.33. The van der Waals surface area contributed by atoms with Crippen LogP contribution in [0.15, 0.2) is 47.4 Å². The van der Waals surface area contributed by atoms with Gasteiger partial charge in [-0.2, -0.15) is 0 Å². The molecule has 0 N–H and O–H groups in total. The van der Waals surface area contributed by atoms with Gasteiger partial charge >= 0.3 is 0 Å². The number of carbonyl (C=O) groups excluding carboxylic acids is 1. The first-order valence-corrected chi connectivity index (χ1v) is 11.0. The van der Waals surface area contributed by atoms with E-state index in [-0.39, 0.29) is 24.1 Å². The maximum absolute atomic E-state index is 13.0. The Morgan fingerprint density at radius 1 is 1.17 bits per heavy atom. The van der Waals surface area contributed by atoms with Gasteiger partial charge in [-0.1, -0.05) is 29.0 Å². The Bertz CT molecular complexity index is 951. The molecular formula is C20H22Cl2FN3OS2. The van der Waals surface area contributed by atoms with Gasteiger partial charge in [-0.25, -0.2) is 9.37 Å². The van der Waals surface area contributed by atoms with Gasteiger partial charge < -0.3 is 4.90 Å². The average molecular weight is 474 g/mol. The maximum Gasteiger partial charge on any atom is 0.229 e. The highest BCUT2D eigenvalue weighted by molar-refractivity contribution is 7.99. The van der Waals surface area contributed by atoms with Crippen LogP contribution in [0.25, 0.3) is 10.2 Å². The fourth-order valence-electron chi connectivity index (χ4n) is 2.57. The number of aromatic nitrogens is 1. The number of amides is 1. The third-order valence-electron chi connectivity index (χ3n) is 4.06. The predicted molar refractivity (Wildman–Crippen MR) is 125 cm³/mol. The summed E-state index contributed by atoms with van der Waals surface area (Å²) in [6.45, 7) is 1.30. The molecule has 0 radical (unpaired) electrons. The number of benzene rings is 2. The van der Waals surface area contributed by atoms with Gasteiger partial charge in [0.15, 0.2) is 5.13 Å². The van der Waals surface area contributed by atoms with Gasteiger partial charge in [-0.15, -0.1) is 24.2 Å². The number of fused-ring (bicyclic) bond motifs is 1. The molecule has 0 fully saturated rings. The Labute approximate surface area is 189 Å². The van der Waals surface area contributed by atoms with Crippen molar-refractivity contribution in [2.45, 2.75) is 11.3 Å². The topological polar surface area (TPSA) is 36.4 Å². The van der Waals surface area contributed by atoms with Gasteiger partial charge in [-0.05, 0) is 50.5 Å². The summed E-state index contributed by atoms with van der Waals surface area (Å²) in [7, 11) is 3.95. The summed E-state index contributed by atoms with van der Waals surface area (Å²) >= 11 is 9.26. The van der Waals surface area contributed by atoms with Gasteiger partial charge in [0.2, 0.25) is 5.91 Å². The second kappa shape index (κ2) is 11.1. The van der Waals surface area contributed by atoms with E-state index in [0.29, 0.717) is 28.9 Å². The van der Waals surface area contributed by atoms with Crippen LogP contribution in [-0.4, -0.2) is 48.7 Å². The standard InChI is InChI=1S/C20H21ClFN3OS2.ClH/c1-24(2)11-12-25(20-23-19-16(21)4-3-5-17(19)28-20)18(26)10-13-27-15-8-6-14(22)7-9-15;/h3-9H,10-13H2,1-2H3;1H. The number of nitrogens with zero attached hydrogens (tertiary/aromatic N) is 3. The molecular weight excluding hydrogens is 452 g/mol. The molecule has 0 saturated heterocycles. The predicted octanol–water partition coefficient (Wildman–Crippen LogP) is 5.59. The minimum atomic E-state index is -0.259. The van der Waals surface area contributed by atoms with Crippen LogP contribution in [0.3, 0.4) is 0 Å². The molecule has 0 aliphatic rings. The largest absolute Gasteiger partial charge is 0.308 e. The van der Waals surface area contributed by atoms with Crippen LogP contribution in [0.5, 0.6) is 0 Å². The second-order valence-corrected chi connectivity index (χ2v) is 9.07. The molecule has 29 heavy (non-hydrogen) atoms. The van der Waals surface area contributed by atoms with Crippen molar-refractivity contribution in [1.29, 1.82) is 0 Å². The molecule has 0 aliphatic heterocycles. The van der Waals surface area contributed by atoms with Crippen LogP contribution in [0, 0.1) is 5.82 Å². The zero-order valence-corrected chi connectivity index (χ0v) is 19.3. The van der Waals surface area contributed by atoms with Crippen molar-refractivity contribution in [3.05, 3.63) is 53.3 Å². The lowest BCUT2D eigenvalue weighted by Crippen LogP contribution is -2.36. The molecule has 0 unspecified atom stereocenters. The number of thioether (sulfide) groups is 1. The van der Waals surface area contributed by atoms with Crippen molar-refractivity contribution in [3.8, 4) is 0 Å². The summed E-state index contributed by atoms with van der Waals surface area (Å²) in [6.07, 6.45) is 0.374. The molecule has 0 atom stereocenters. The Kier molecular flexibility index (Phi) is 9.17. The van der Waals surface area contributed by atoms with Gasteiger partial charge in [0.1, 0.15) is 11.3 Å². The average Bonchev–Trinajstić information content (AvgIpc) is 3.08. The van der Waals surface area contributed by atoms with Crippen molar-refractivity contribution < 1.29 is 9.18 Å². The molecule has 4 nitrogen and oxygen atoms in total. The smallest absolute Gasteiger partial charge is 0.229 e. The number of rotatable bonds is 8. The molecule has 0 bridgehead atoms. The van der Waals surface area contributed by atoms with E-state index >= 15 is 0 Å². The highest BCUT2D eigenvalue weighted by Gasteiger charge is 2.20. The Morgan fingerprint density at radius 3 is 2.55 bits per heavy atom. The first-order chi connectivity index (χ1) is 13.4. The number of likely N-dealkylation sites (N-methyl/N-ethyl adjacent to an activating group) is 1. The van der Waals surface area contributed by atoms with Crippen molar-refractivity contribution >= 4 is 68.4 Å². The number of hydrogen-bond acceptors (Lipinski definition) is 5. The summed E-state index contributed by atoms with van der Waals surface area (Å²) in [4.78, 5) is 22.3. The summed E-state index contributed by atoms with van der Waals surface area (Å²) in [6, 6.07) is 12.0. The third-order valence-corrected chi connectivity index (χ3v) is 6.42. The number of anilines is 1. The van der Waals surface area contributed by atoms with Crippen LogP contribution >= 0.6 is 47.1 Å². The molecule has 1 amide bonds. The molecule has 2 aromatic carbocycles. The lowest BCUT2D eigenvalue weighted by atomic mass is 10.3. The first kappa shape index (κ1) is 23.9. The van der Waals surface area contributed by atoms with Gasteiger partial charge in [0, 0.05) is 30.2 Å². The van der Waals surface area contributed by atoms with Crippen LogP contribution in [0.2, 0.25) is 5.02 Å². The quantitative estimate of drug-likeness (QED) is 0.399. The van der Waals surface area contributed by atoms with Gasteiger partial charge in [0.25, 0.3) is 0 Å². The Balaban J connectivity index is 0.00000300. The fourth-order valence-corrected chi connectivity index (χ4v) is 4.72. The minimum absolute atomic E-state index is 0. The summed E-state index contributed by atoms with van der Waals surface area (Å²) < 4.78 is 14.0. The molecule has 0 spiro atoms. The van der Waals surface area contributed by atoms with E-state index < -0.39 is 0 Å². The van der Waals surface area contributed by atoms with E-state index in [4.69, 9.17) is 11.6 Å². The molecule has 156 valence electrons. The summed E-state index contributed by atoms with van der Waals surface area (Å²) in [5.74, 6) is 0.380. The van der Waals surface area contributed by atoms with Crippen molar-refractivity contribution in [2.75, 3.05) is 37.8 Å². The van der Waals surface area contributed by atoms with Gasteiger partial charge in [-0.3, -0.25) is 9.69 Å². The van der Waals surface area contributed by atoms with Crippen molar-refractivity contribution in [2.24, 2.45) is 0 Å². The molecule has 1 heterocycles. The first-order valence-electron chi connectivity index (χ1n) is 8.82. The van der Waals surface area contributed by atoms with Crippen LogP contribution in [0.4, 0.5) is 9.52 Å². The normalized spacial score (nSPS) is 10.9. The Morgan fingerprint density at radius 2 is 1.90 bits per heavy atom. The summed E-state index contributed by atoms with van der Waals surface area (Å²) in [5.41, 5.74) is 0.729. The second-order valence-electron chi connectivity index (χ2n) is 6.48. The molecule has 0 aliphatic carbocycles. The maximum atomic E-state index is 13.0. The monoisotopic (exact) mass is 473 g/mol. The number of halogens is 3. The lowest BCUT2D eigenvalue weighted by molar-refractivity contribution is -0.118. The van der Waals surface area contributed by atoms with Crippen LogP contribution in [-0.2, 0) is 4.79 Å². The highest BCUT2D eigenvalue weighted by atomic mass is 35.5. The van der Waals surface area contributed by atoms with Crippen LogP contribution < -0.4 is 4.90 Å². The zero-order chi connectivity index (χ0) is 20.1. The minimum Gasteiger partial charge on any atom is -0.308 e. The number of para-hydroxylation sites is 1. The molecule has 9 heteroatoms. The van der Waals surface area contributed by atoms with E-state index in [1.165, 1.54) is 35.2 Å². The fraction of sp³-hybridized carbons (Fsp3) is 0.300. The molecule has 3 aromatic rings. The van der Waals surface area contributed by atoms with Crippen molar-refractivity contribution in [1.82, 2.24) is 9.88 Å². The summed E-state index contributed by atoms with van der Waals surface area (Å²) in [5, 5.41) is 1.26. The lowest BCUT2D eigenvalue weighted by Gasteiger charge is -2.22. The van der Waals surface area contributed by atoms with Crippen molar-refractivity contribution in [3.63, 3.8) is 0 Å². The molecule has 1 aromatic heterocycles. The molecule has 3 rings (SSSR count). The van der Waals surface area contributed by atoms with E-state index in [1.807, 2.05) is 31.1 Å². The van der Waals surface area contributed by atoms with E-state index in [1.54, 1.807) is 23.1 Å². The number of thiazole rings is 1. The SMILES string of the molecule is CN(C)CCN(C(=O)CCSc1ccc(F)cc1)c1nc2c(Cl)cccc2s1.Cl. The Hall–Kier alpha value is -1.38. The molecule has 0 saturated carbocycles. The zero-order valence-electron chi connectivity index (χ0n) is 16.1. The number of hydrogen-bond donors (Lipinski definition) is 0. The third kappa shape index (κ3) is 6.55. The van der Waals surface area contributed by atoms with E-state index in [2.05, 4.69) is 4.98 Å². The van der Waals surface area contributed by atoms with E-state index in [9.17, 15) is 9.18 Å². The van der Waals surface area contributed by atoms with Gasteiger partial charge in [0.05, 0.1) is 9.72 Å². The van der Waals surface area contributed by atoms with Crippen LogP contribution in [0.1, 0.15) is 6.42 Å². The van der Waals surface area contributed by atoms with E-state index in [0.717, 1.165) is 21.7 Å². The number of carbonyl (C=O) groups is 1.